The molecule has 1 heterocycles. The zero-order valence-electron chi connectivity index (χ0n) is 18.2. The van der Waals surface area contributed by atoms with Crippen LogP contribution < -0.4 is 5.32 Å². The Hall–Kier alpha value is -1.93. The SMILES string of the molecule is CC[C@H](C)c1ccc(S(=O)(=O)N2CCN([C@H](C)C(=O)Nc3cccc(Cl)c3)CC2)cc1. The summed E-state index contributed by atoms with van der Waals surface area (Å²) >= 11 is 5.97. The molecule has 1 fully saturated rings. The summed E-state index contributed by atoms with van der Waals surface area (Å²) in [5.74, 6) is 0.263. The van der Waals surface area contributed by atoms with Crippen LogP contribution in [0.5, 0.6) is 0 Å². The minimum atomic E-state index is -3.54. The number of carbonyl (C=O) groups is 1. The number of rotatable bonds is 7. The van der Waals surface area contributed by atoms with Gasteiger partial charge in [-0.3, -0.25) is 9.69 Å². The van der Waals surface area contributed by atoms with E-state index in [0.29, 0.717) is 47.7 Å². The zero-order chi connectivity index (χ0) is 22.6. The number of benzene rings is 2. The summed E-state index contributed by atoms with van der Waals surface area (Å²) in [7, 11) is -3.54. The Labute approximate surface area is 190 Å². The fourth-order valence-corrected chi connectivity index (χ4v) is 5.28. The highest BCUT2D eigenvalue weighted by Crippen LogP contribution is 2.23. The molecule has 1 amide bonds. The third-order valence-corrected chi connectivity index (χ3v) is 8.14. The van der Waals surface area contributed by atoms with Crippen LogP contribution in [0.3, 0.4) is 0 Å². The quantitative estimate of drug-likeness (QED) is 0.668. The molecule has 0 aliphatic carbocycles. The Morgan fingerprint density at radius 3 is 2.29 bits per heavy atom. The van der Waals surface area contributed by atoms with Gasteiger partial charge in [-0.2, -0.15) is 4.31 Å². The Morgan fingerprint density at radius 1 is 1.06 bits per heavy atom. The highest BCUT2D eigenvalue weighted by Gasteiger charge is 2.31. The molecule has 3 rings (SSSR count). The van der Waals surface area contributed by atoms with Crippen molar-refractivity contribution in [2.45, 2.75) is 44.0 Å². The first kappa shape index (κ1) is 23.7. The Bertz CT molecular complexity index is 1000. The van der Waals surface area contributed by atoms with Gasteiger partial charge < -0.3 is 5.32 Å². The topological polar surface area (TPSA) is 69.7 Å². The molecule has 2 atom stereocenters. The zero-order valence-corrected chi connectivity index (χ0v) is 19.8. The lowest BCUT2D eigenvalue weighted by Gasteiger charge is -2.36. The van der Waals surface area contributed by atoms with Gasteiger partial charge in [0.15, 0.2) is 0 Å². The molecule has 168 valence electrons. The van der Waals surface area contributed by atoms with Crippen molar-refractivity contribution in [2.24, 2.45) is 0 Å². The normalized spacial score (nSPS) is 17.8. The molecule has 31 heavy (non-hydrogen) atoms. The van der Waals surface area contributed by atoms with Crippen LogP contribution in [0.2, 0.25) is 5.02 Å². The summed E-state index contributed by atoms with van der Waals surface area (Å²) in [6.45, 7) is 7.77. The first-order valence-electron chi connectivity index (χ1n) is 10.6. The minimum absolute atomic E-state index is 0.140. The number of hydrogen-bond acceptors (Lipinski definition) is 4. The van der Waals surface area contributed by atoms with Gasteiger partial charge >= 0.3 is 0 Å². The number of nitrogens with one attached hydrogen (secondary N) is 1. The third kappa shape index (κ3) is 5.66. The molecule has 6 nitrogen and oxygen atoms in total. The minimum Gasteiger partial charge on any atom is -0.325 e. The van der Waals surface area contributed by atoms with Crippen LogP contribution in [0.4, 0.5) is 5.69 Å². The lowest BCUT2D eigenvalue weighted by atomic mass is 9.99. The van der Waals surface area contributed by atoms with Gasteiger partial charge in [-0.25, -0.2) is 8.42 Å². The fourth-order valence-electron chi connectivity index (χ4n) is 3.66. The fraction of sp³-hybridized carbons (Fsp3) is 0.435. The standard InChI is InChI=1S/C23H30ClN3O3S/c1-4-17(2)19-8-10-22(11-9-19)31(29,30)27-14-12-26(13-15-27)18(3)23(28)25-21-7-5-6-20(24)16-21/h5-11,16-18H,4,12-15H2,1-3H3,(H,25,28)/t17-,18+/m0/s1. The predicted octanol–water partition coefficient (Wildman–Crippen LogP) is 4.19. The van der Waals surface area contributed by atoms with Gasteiger partial charge in [0.25, 0.3) is 0 Å². The van der Waals surface area contributed by atoms with E-state index in [0.717, 1.165) is 12.0 Å². The molecule has 0 aromatic heterocycles. The summed E-state index contributed by atoms with van der Waals surface area (Å²) < 4.78 is 27.6. The van der Waals surface area contributed by atoms with E-state index in [1.165, 1.54) is 4.31 Å². The maximum atomic E-state index is 13.0. The number of halogens is 1. The number of sulfonamides is 1. The first-order chi connectivity index (χ1) is 14.7. The molecule has 2 aromatic carbocycles. The lowest BCUT2D eigenvalue weighted by Crippen LogP contribution is -2.53. The molecule has 1 saturated heterocycles. The number of nitrogens with zero attached hydrogens (tertiary/aromatic N) is 2. The Balaban J connectivity index is 1.59. The van der Waals surface area contributed by atoms with Crippen LogP contribution in [-0.4, -0.2) is 55.8 Å². The first-order valence-corrected chi connectivity index (χ1v) is 12.4. The van der Waals surface area contributed by atoms with Crippen LogP contribution in [0.15, 0.2) is 53.4 Å². The summed E-state index contributed by atoms with van der Waals surface area (Å²) in [6.07, 6.45) is 1.01. The van der Waals surface area contributed by atoms with Gasteiger partial charge in [0.05, 0.1) is 10.9 Å². The van der Waals surface area contributed by atoms with Crippen molar-refractivity contribution < 1.29 is 13.2 Å². The summed E-state index contributed by atoms with van der Waals surface area (Å²) in [5.41, 5.74) is 1.79. The molecule has 8 heteroatoms. The second kappa shape index (κ2) is 10.1. The Morgan fingerprint density at radius 2 is 1.71 bits per heavy atom. The maximum absolute atomic E-state index is 13.0. The third-order valence-electron chi connectivity index (χ3n) is 5.99. The van der Waals surface area contributed by atoms with Gasteiger partial charge in [0.1, 0.15) is 0 Å². The van der Waals surface area contributed by atoms with Gasteiger partial charge in [-0.15, -0.1) is 0 Å². The number of amides is 1. The largest absolute Gasteiger partial charge is 0.325 e. The number of anilines is 1. The van der Waals surface area contributed by atoms with Crippen LogP contribution in [0.25, 0.3) is 0 Å². The molecule has 0 saturated carbocycles. The van der Waals surface area contributed by atoms with Crippen molar-refractivity contribution in [1.82, 2.24) is 9.21 Å². The molecule has 2 aromatic rings. The van der Waals surface area contributed by atoms with E-state index < -0.39 is 10.0 Å². The average Bonchev–Trinajstić information content (AvgIpc) is 2.78. The second-order valence-corrected chi connectivity index (χ2v) is 10.4. The molecular formula is C23H30ClN3O3S. The van der Waals surface area contributed by atoms with Gasteiger partial charge in [-0.05, 0) is 55.2 Å². The van der Waals surface area contributed by atoms with Crippen LogP contribution in [-0.2, 0) is 14.8 Å². The molecule has 0 unspecified atom stereocenters. The molecule has 0 bridgehead atoms. The van der Waals surface area contributed by atoms with Crippen molar-refractivity contribution in [3.05, 3.63) is 59.1 Å². The van der Waals surface area contributed by atoms with Crippen molar-refractivity contribution in [3.8, 4) is 0 Å². The smallest absolute Gasteiger partial charge is 0.243 e. The highest BCUT2D eigenvalue weighted by molar-refractivity contribution is 7.89. The molecule has 1 N–H and O–H groups in total. The second-order valence-electron chi connectivity index (χ2n) is 7.99. The maximum Gasteiger partial charge on any atom is 0.243 e. The summed E-state index contributed by atoms with van der Waals surface area (Å²) in [6, 6.07) is 13.8. The van der Waals surface area contributed by atoms with Crippen LogP contribution in [0, 0.1) is 0 Å². The van der Waals surface area contributed by atoms with E-state index in [4.69, 9.17) is 11.6 Å². The number of hydrogen-bond donors (Lipinski definition) is 1. The molecule has 1 aliphatic heterocycles. The van der Waals surface area contributed by atoms with E-state index in [9.17, 15) is 13.2 Å². The van der Waals surface area contributed by atoms with Crippen molar-refractivity contribution in [3.63, 3.8) is 0 Å². The van der Waals surface area contributed by atoms with Crippen molar-refractivity contribution in [2.75, 3.05) is 31.5 Å². The summed E-state index contributed by atoms with van der Waals surface area (Å²) in [5, 5.41) is 3.43. The van der Waals surface area contributed by atoms with E-state index >= 15 is 0 Å². The number of carbonyl (C=O) groups excluding carboxylic acids is 1. The number of piperazine rings is 1. The average molecular weight is 464 g/mol. The van der Waals surface area contributed by atoms with Gasteiger partial charge in [0, 0.05) is 36.9 Å². The van der Waals surface area contributed by atoms with Gasteiger partial charge in [0.2, 0.25) is 15.9 Å². The van der Waals surface area contributed by atoms with Crippen molar-refractivity contribution in [1.29, 1.82) is 0 Å². The van der Waals surface area contributed by atoms with Crippen molar-refractivity contribution >= 4 is 33.2 Å². The molecule has 1 aliphatic rings. The van der Waals surface area contributed by atoms with E-state index in [-0.39, 0.29) is 11.9 Å². The van der Waals surface area contributed by atoms with Gasteiger partial charge in [-0.1, -0.05) is 43.6 Å². The highest BCUT2D eigenvalue weighted by atomic mass is 35.5. The van der Waals surface area contributed by atoms with E-state index in [2.05, 4.69) is 19.2 Å². The monoisotopic (exact) mass is 463 g/mol. The summed E-state index contributed by atoms with van der Waals surface area (Å²) in [4.78, 5) is 14.9. The van der Waals surface area contributed by atoms with Crippen LogP contribution >= 0.6 is 11.6 Å². The Kier molecular flexibility index (Phi) is 7.75. The predicted molar refractivity (Wildman–Crippen MR) is 125 cm³/mol. The van der Waals surface area contributed by atoms with E-state index in [1.54, 1.807) is 36.4 Å². The molecule has 0 radical (unpaired) electrons. The molecule has 0 spiro atoms. The van der Waals surface area contributed by atoms with E-state index in [1.807, 2.05) is 24.0 Å². The van der Waals surface area contributed by atoms with Crippen LogP contribution in [0.1, 0.15) is 38.7 Å². The lowest BCUT2D eigenvalue weighted by molar-refractivity contribution is -0.121. The molecular weight excluding hydrogens is 434 g/mol.